The molecule has 0 aliphatic carbocycles. The molecule has 2 saturated heterocycles. The molecule has 2 fully saturated rings. The minimum absolute atomic E-state index is 0.246. The van der Waals surface area contributed by atoms with Crippen LogP contribution < -0.4 is 5.32 Å². The number of hydrogen-bond acceptors (Lipinski definition) is 3. The van der Waals surface area contributed by atoms with Gasteiger partial charge in [0, 0.05) is 37.1 Å². The topological polar surface area (TPSA) is 35.6 Å². The first-order valence-electron chi connectivity index (χ1n) is 8.68. The van der Waals surface area contributed by atoms with Crippen molar-refractivity contribution in [2.24, 2.45) is 5.92 Å². The van der Waals surface area contributed by atoms with Gasteiger partial charge in [0.2, 0.25) is 5.91 Å². The van der Waals surface area contributed by atoms with Crippen molar-refractivity contribution in [2.45, 2.75) is 65.0 Å². The number of nitrogens with zero attached hydrogens (tertiary/aromatic N) is 2. The highest BCUT2D eigenvalue weighted by Crippen LogP contribution is 2.26. The van der Waals surface area contributed by atoms with Crippen LogP contribution in [0.3, 0.4) is 0 Å². The van der Waals surface area contributed by atoms with Crippen LogP contribution >= 0.6 is 0 Å². The number of rotatable bonds is 3. The van der Waals surface area contributed by atoms with E-state index in [4.69, 9.17) is 0 Å². The van der Waals surface area contributed by atoms with Crippen LogP contribution in [-0.4, -0.2) is 60.0 Å². The highest BCUT2D eigenvalue weighted by Gasteiger charge is 2.32. The first kappa shape index (κ1) is 16.8. The maximum atomic E-state index is 11.9. The largest absolute Gasteiger partial charge is 0.356 e. The van der Waals surface area contributed by atoms with Crippen molar-refractivity contribution in [1.82, 2.24) is 15.1 Å². The van der Waals surface area contributed by atoms with Gasteiger partial charge in [0.05, 0.1) is 0 Å². The predicted molar refractivity (Wildman–Crippen MR) is 87.3 cm³/mol. The molecule has 0 atom stereocenters. The molecule has 2 heterocycles. The Labute approximate surface area is 130 Å². The van der Waals surface area contributed by atoms with Crippen molar-refractivity contribution in [1.29, 1.82) is 0 Å². The quantitative estimate of drug-likeness (QED) is 0.866. The Balaban J connectivity index is 1.75. The van der Waals surface area contributed by atoms with Gasteiger partial charge in [0.25, 0.3) is 0 Å². The Bertz CT molecular complexity index is 334. The fourth-order valence-corrected chi connectivity index (χ4v) is 3.75. The van der Waals surface area contributed by atoms with Crippen molar-refractivity contribution in [2.75, 3.05) is 32.7 Å². The molecule has 1 N–H and O–H groups in total. The van der Waals surface area contributed by atoms with E-state index >= 15 is 0 Å². The number of piperidine rings is 2. The lowest BCUT2D eigenvalue weighted by Crippen LogP contribution is -2.52. The summed E-state index contributed by atoms with van der Waals surface area (Å²) in [6, 6.07) is 0.735. The predicted octanol–water partition coefficient (Wildman–Crippen LogP) is 2.10. The summed E-state index contributed by atoms with van der Waals surface area (Å²) in [7, 11) is 0. The Morgan fingerprint density at radius 1 is 1.05 bits per heavy atom. The van der Waals surface area contributed by atoms with Crippen LogP contribution in [0.15, 0.2) is 0 Å². The Morgan fingerprint density at radius 2 is 1.62 bits per heavy atom. The smallest absolute Gasteiger partial charge is 0.223 e. The highest BCUT2D eigenvalue weighted by atomic mass is 16.1. The van der Waals surface area contributed by atoms with E-state index in [1.54, 1.807) is 0 Å². The second-order valence-corrected chi connectivity index (χ2v) is 7.59. The van der Waals surface area contributed by atoms with Crippen LogP contribution in [0, 0.1) is 5.92 Å². The molecule has 0 aromatic rings. The maximum Gasteiger partial charge on any atom is 0.223 e. The standard InChI is InChI=1S/C17H33N3O/c1-5-18-16(21)14-6-10-19(11-7-14)15-8-12-20(13-9-15)17(2,3)4/h14-15H,5-13H2,1-4H3,(H,18,21). The second kappa shape index (κ2) is 7.10. The van der Waals surface area contributed by atoms with Gasteiger partial charge in [-0.15, -0.1) is 0 Å². The highest BCUT2D eigenvalue weighted by molar-refractivity contribution is 5.78. The minimum Gasteiger partial charge on any atom is -0.356 e. The molecule has 0 radical (unpaired) electrons. The average molecular weight is 295 g/mol. The summed E-state index contributed by atoms with van der Waals surface area (Å²) in [6.07, 6.45) is 4.63. The first-order chi connectivity index (χ1) is 9.91. The molecule has 2 rings (SSSR count). The van der Waals surface area contributed by atoms with Crippen LogP contribution in [0.5, 0.6) is 0 Å². The van der Waals surface area contributed by atoms with Gasteiger partial charge in [0.1, 0.15) is 0 Å². The van der Waals surface area contributed by atoms with E-state index in [-0.39, 0.29) is 11.8 Å². The van der Waals surface area contributed by atoms with Gasteiger partial charge in [0.15, 0.2) is 0 Å². The molecule has 2 aliphatic rings. The van der Waals surface area contributed by atoms with Gasteiger partial charge in [-0.2, -0.15) is 0 Å². The lowest BCUT2D eigenvalue weighted by atomic mass is 9.91. The van der Waals surface area contributed by atoms with E-state index in [1.807, 2.05) is 6.92 Å². The molecule has 0 spiro atoms. The fourth-order valence-electron chi connectivity index (χ4n) is 3.75. The molecule has 122 valence electrons. The third kappa shape index (κ3) is 4.43. The molecule has 4 heteroatoms. The Kier molecular flexibility index (Phi) is 5.67. The number of hydrogen-bond donors (Lipinski definition) is 1. The summed E-state index contributed by atoms with van der Waals surface area (Å²) in [5, 5.41) is 2.97. The molecule has 0 aromatic heterocycles. The molecule has 0 unspecified atom stereocenters. The number of nitrogens with one attached hydrogen (secondary N) is 1. The number of carbonyl (C=O) groups is 1. The van der Waals surface area contributed by atoms with Crippen LogP contribution in [0.1, 0.15) is 53.4 Å². The Hall–Kier alpha value is -0.610. The molecule has 4 nitrogen and oxygen atoms in total. The SMILES string of the molecule is CCNC(=O)C1CCN(C2CCN(C(C)(C)C)CC2)CC1. The molecule has 0 saturated carbocycles. The van der Waals surface area contributed by atoms with E-state index < -0.39 is 0 Å². The van der Waals surface area contributed by atoms with Gasteiger partial charge in [-0.3, -0.25) is 9.69 Å². The lowest BCUT2D eigenvalue weighted by molar-refractivity contribution is -0.126. The zero-order valence-corrected chi connectivity index (χ0v) is 14.3. The molecular formula is C17H33N3O. The summed E-state index contributed by atoms with van der Waals surface area (Å²) >= 11 is 0. The number of likely N-dealkylation sites (tertiary alicyclic amines) is 2. The van der Waals surface area contributed by atoms with E-state index in [2.05, 4.69) is 35.9 Å². The van der Waals surface area contributed by atoms with Crippen molar-refractivity contribution in [3.05, 3.63) is 0 Å². The van der Waals surface area contributed by atoms with Crippen molar-refractivity contribution in [3.63, 3.8) is 0 Å². The summed E-state index contributed by atoms with van der Waals surface area (Å²) in [4.78, 5) is 17.1. The van der Waals surface area contributed by atoms with Gasteiger partial charge in [-0.05, 0) is 66.5 Å². The summed E-state index contributed by atoms with van der Waals surface area (Å²) in [5.41, 5.74) is 0.302. The van der Waals surface area contributed by atoms with Crippen molar-refractivity contribution in [3.8, 4) is 0 Å². The van der Waals surface area contributed by atoms with Gasteiger partial charge >= 0.3 is 0 Å². The molecule has 0 aromatic carbocycles. The number of carbonyl (C=O) groups excluding carboxylic acids is 1. The maximum absolute atomic E-state index is 11.9. The van der Waals surface area contributed by atoms with Crippen molar-refractivity contribution < 1.29 is 4.79 Å². The van der Waals surface area contributed by atoms with Gasteiger partial charge in [-0.25, -0.2) is 0 Å². The first-order valence-corrected chi connectivity index (χ1v) is 8.68. The molecule has 2 aliphatic heterocycles. The lowest BCUT2D eigenvalue weighted by Gasteiger charge is -2.45. The fraction of sp³-hybridized carbons (Fsp3) is 0.941. The van der Waals surface area contributed by atoms with Gasteiger partial charge in [-0.1, -0.05) is 0 Å². The van der Waals surface area contributed by atoms with E-state index in [0.717, 1.165) is 38.5 Å². The van der Waals surface area contributed by atoms with Gasteiger partial charge < -0.3 is 10.2 Å². The Morgan fingerprint density at radius 3 is 2.10 bits per heavy atom. The molecule has 21 heavy (non-hydrogen) atoms. The zero-order chi connectivity index (χ0) is 15.5. The van der Waals surface area contributed by atoms with Crippen LogP contribution in [0.25, 0.3) is 0 Å². The van der Waals surface area contributed by atoms with E-state index in [9.17, 15) is 4.79 Å². The molecular weight excluding hydrogens is 262 g/mol. The van der Waals surface area contributed by atoms with E-state index in [1.165, 1.54) is 25.9 Å². The van der Waals surface area contributed by atoms with Crippen molar-refractivity contribution >= 4 is 5.91 Å². The third-order valence-corrected chi connectivity index (χ3v) is 5.18. The van der Waals surface area contributed by atoms with E-state index in [0.29, 0.717) is 5.54 Å². The third-order valence-electron chi connectivity index (χ3n) is 5.18. The van der Waals surface area contributed by atoms with Crippen LogP contribution in [0.2, 0.25) is 0 Å². The minimum atomic E-state index is 0.246. The average Bonchev–Trinajstić information content (AvgIpc) is 2.47. The molecule has 1 amide bonds. The zero-order valence-electron chi connectivity index (χ0n) is 14.3. The monoisotopic (exact) mass is 295 g/mol. The normalized spacial score (nSPS) is 24.2. The second-order valence-electron chi connectivity index (χ2n) is 7.59. The van der Waals surface area contributed by atoms with Crippen LogP contribution in [0.4, 0.5) is 0 Å². The van der Waals surface area contributed by atoms with Crippen LogP contribution in [-0.2, 0) is 4.79 Å². The summed E-state index contributed by atoms with van der Waals surface area (Å²) in [6.45, 7) is 14.3. The number of amides is 1. The summed E-state index contributed by atoms with van der Waals surface area (Å²) < 4.78 is 0. The summed E-state index contributed by atoms with van der Waals surface area (Å²) in [5.74, 6) is 0.510. The molecule has 0 bridgehead atoms.